The first-order chi connectivity index (χ1) is 10.5. The first kappa shape index (κ1) is 16.6. The molecule has 120 valence electrons. The van der Waals surface area contributed by atoms with Gasteiger partial charge in [-0.15, -0.1) is 0 Å². The lowest BCUT2D eigenvalue weighted by Gasteiger charge is -2.14. The van der Waals surface area contributed by atoms with Gasteiger partial charge in [0.25, 0.3) is 0 Å². The van der Waals surface area contributed by atoms with Crippen LogP contribution < -0.4 is 4.74 Å². The van der Waals surface area contributed by atoms with Crippen molar-refractivity contribution >= 4 is 17.2 Å². The molecule has 1 unspecified atom stereocenters. The molecule has 2 aromatic rings. The summed E-state index contributed by atoms with van der Waals surface area (Å²) in [7, 11) is 0. The SMILES string of the molecule is CCCC(C)Oc1ccc2c(c1)c(C=O)c(C)n2CC(C)C. The maximum Gasteiger partial charge on any atom is 0.152 e. The van der Waals surface area contributed by atoms with Gasteiger partial charge in [-0.05, 0) is 44.4 Å². The highest BCUT2D eigenvalue weighted by Crippen LogP contribution is 2.29. The van der Waals surface area contributed by atoms with Crippen molar-refractivity contribution in [2.75, 3.05) is 0 Å². The summed E-state index contributed by atoms with van der Waals surface area (Å²) in [4.78, 5) is 11.5. The highest BCUT2D eigenvalue weighted by atomic mass is 16.5. The zero-order valence-corrected chi connectivity index (χ0v) is 14.3. The number of carbonyl (C=O) groups excluding carboxylic acids is 1. The molecule has 0 amide bonds. The Hall–Kier alpha value is -1.77. The molecule has 22 heavy (non-hydrogen) atoms. The molecule has 0 bridgehead atoms. The smallest absolute Gasteiger partial charge is 0.152 e. The van der Waals surface area contributed by atoms with Crippen LogP contribution in [0.15, 0.2) is 18.2 Å². The fraction of sp³-hybridized carbons (Fsp3) is 0.526. The van der Waals surface area contributed by atoms with Gasteiger partial charge in [0.1, 0.15) is 5.75 Å². The van der Waals surface area contributed by atoms with Crippen molar-refractivity contribution in [2.24, 2.45) is 5.92 Å². The topological polar surface area (TPSA) is 31.2 Å². The molecule has 0 saturated carbocycles. The first-order valence-corrected chi connectivity index (χ1v) is 8.22. The molecule has 1 heterocycles. The number of hydrogen-bond acceptors (Lipinski definition) is 2. The predicted octanol–water partition coefficient (Wildman–Crippen LogP) is 4.99. The molecule has 3 heteroatoms. The number of nitrogens with zero attached hydrogens (tertiary/aromatic N) is 1. The Kier molecular flexibility index (Phi) is 5.28. The second-order valence-electron chi connectivity index (χ2n) is 6.52. The van der Waals surface area contributed by atoms with Gasteiger partial charge in [-0.25, -0.2) is 0 Å². The highest BCUT2D eigenvalue weighted by Gasteiger charge is 2.15. The molecule has 0 saturated heterocycles. The van der Waals surface area contributed by atoms with E-state index >= 15 is 0 Å². The lowest BCUT2D eigenvalue weighted by atomic mass is 10.1. The van der Waals surface area contributed by atoms with E-state index in [2.05, 4.69) is 38.3 Å². The van der Waals surface area contributed by atoms with E-state index in [1.54, 1.807) is 0 Å². The highest BCUT2D eigenvalue weighted by molar-refractivity contribution is 6.00. The Morgan fingerprint density at radius 2 is 2.00 bits per heavy atom. The average Bonchev–Trinajstić information content (AvgIpc) is 2.70. The lowest BCUT2D eigenvalue weighted by Crippen LogP contribution is -2.10. The summed E-state index contributed by atoms with van der Waals surface area (Å²) >= 11 is 0. The predicted molar refractivity (Wildman–Crippen MR) is 91.9 cm³/mol. The van der Waals surface area contributed by atoms with Crippen LogP contribution >= 0.6 is 0 Å². The van der Waals surface area contributed by atoms with Crippen LogP contribution in [0.5, 0.6) is 5.75 Å². The third kappa shape index (κ3) is 3.34. The minimum Gasteiger partial charge on any atom is -0.491 e. The Balaban J connectivity index is 2.45. The lowest BCUT2D eigenvalue weighted by molar-refractivity contribution is 0.112. The average molecular weight is 301 g/mol. The summed E-state index contributed by atoms with van der Waals surface area (Å²) in [6.07, 6.45) is 3.30. The van der Waals surface area contributed by atoms with Gasteiger partial charge in [0.05, 0.1) is 6.10 Å². The van der Waals surface area contributed by atoms with E-state index < -0.39 is 0 Å². The van der Waals surface area contributed by atoms with Crippen molar-refractivity contribution in [2.45, 2.75) is 60.1 Å². The fourth-order valence-corrected chi connectivity index (χ4v) is 3.01. The van der Waals surface area contributed by atoms with Crippen molar-refractivity contribution in [3.63, 3.8) is 0 Å². The van der Waals surface area contributed by atoms with Crippen LogP contribution in [0.4, 0.5) is 0 Å². The van der Waals surface area contributed by atoms with E-state index in [-0.39, 0.29) is 6.10 Å². The van der Waals surface area contributed by atoms with Crippen LogP contribution in [0, 0.1) is 12.8 Å². The molecule has 3 nitrogen and oxygen atoms in total. The third-order valence-corrected chi connectivity index (χ3v) is 4.04. The van der Waals surface area contributed by atoms with Crippen LogP contribution in [-0.2, 0) is 6.54 Å². The van der Waals surface area contributed by atoms with Crippen molar-refractivity contribution in [3.05, 3.63) is 29.5 Å². The van der Waals surface area contributed by atoms with E-state index in [0.29, 0.717) is 5.92 Å². The quantitative estimate of drug-likeness (QED) is 0.675. The van der Waals surface area contributed by atoms with Gasteiger partial charge in [0, 0.05) is 28.7 Å². The standard InChI is InChI=1S/C19H27NO2/c1-6-7-14(4)22-16-8-9-19-17(10-16)18(12-21)15(5)20(19)11-13(2)3/h8-10,12-14H,6-7,11H2,1-5H3. The molecule has 0 fully saturated rings. The molecule has 1 aromatic carbocycles. The fourth-order valence-electron chi connectivity index (χ4n) is 3.01. The number of fused-ring (bicyclic) bond motifs is 1. The number of hydrogen-bond donors (Lipinski definition) is 0. The Labute approximate surface area is 133 Å². The van der Waals surface area contributed by atoms with Gasteiger partial charge in [-0.2, -0.15) is 0 Å². The van der Waals surface area contributed by atoms with Gasteiger partial charge in [0.2, 0.25) is 0 Å². The largest absolute Gasteiger partial charge is 0.491 e. The molecule has 0 aliphatic carbocycles. The molecular weight excluding hydrogens is 274 g/mol. The van der Waals surface area contributed by atoms with E-state index in [9.17, 15) is 4.79 Å². The summed E-state index contributed by atoms with van der Waals surface area (Å²) in [6, 6.07) is 6.10. The normalized spacial score (nSPS) is 12.8. The van der Waals surface area contributed by atoms with Gasteiger partial charge >= 0.3 is 0 Å². The monoisotopic (exact) mass is 301 g/mol. The molecule has 0 aliphatic heterocycles. The zero-order chi connectivity index (χ0) is 16.3. The third-order valence-electron chi connectivity index (χ3n) is 4.04. The summed E-state index contributed by atoms with van der Waals surface area (Å²) in [5.74, 6) is 1.38. The molecule has 0 spiro atoms. The van der Waals surface area contributed by atoms with Gasteiger partial charge < -0.3 is 9.30 Å². The van der Waals surface area contributed by atoms with Crippen molar-refractivity contribution < 1.29 is 9.53 Å². The maximum atomic E-state index is 11.5. The van der Waals surface area contributed by atoms with E-state index in [0.717, 1.165) is 53.6 Å². The van der Waals surface area contributed by atoms with Crippen molar-refractivity contribution in [1.82, 2.24) is 4.57 Å². The molecule has 1 aromatic heterocycles. The summed E-state index contributed by atoms with van der Waals surface area (Å²) in [6.45, 7) is 11.6. The van der Waals surface area contributed by atoms with Crippen LogP contribution in [-0.4, -0.2) is 17.0 Å². The number of ether oxygens (including phenoxy) is 1. The summed E-state index contributed by atoms with van der Waals surface area (Å²) in [5.41, 5.74) is 2.94. The number of rotatable bonds is 7. The second kappa shape index (κ2) is 6.99. The number of aldehydes is 1. The number of benzene rings is 1. The second-order valence-corrected chi connectivity index (χ2v) is 6.52. The van der Waals surface area contributed by atoms with E-state index in [1.807, 2.05) is 19.1 Å². The summed E-state index contributed by atoms with van der Waals surface area (Å²) in [5, 5.41) is 0.995. The van der Waals surface area contributed by atoms with Gasteiger partial charge in [0.15, 0.2) is 6.29 Å². The minimum atomic E-state index is 0.195. The van der Waals surface area contributed by atoms with Gasteiger partial charge in [-0.3, -0.25) is 4.79 Å². The van der Waals surface area contributed by atoms with Crippen LogP contribution in [0.3, 0.4) is 0 Å². The molecule has 0 radical (unpaired) electrons. The van der Waals surface area contributed by atoms with Gasteiger partial charge in [-0.1, -0.05) is 27.2 Å². The molecule has 2 rings (SSSR count). The molecule has 1 atom stereocenters. The Morgan fingerprint density at radius 1 is 1.27 bits per heavy atom. The molecule has 0 aliphatic rings. The first-order valence-electron chi connectivity index (χ1n) is 8.22. The van der Waals surface area contributed by atoms with E-state index in [1.165, 1.54) is 0 Å². The van der Waals surface area contributed by atoms with Crippen LogP contribution in [0.2, 0.25) is 0 Å². The molecule has 0 N–H and O–H groups in total. The van der Waals surface area contributed by atoms with Crippen molar-refractivity contribution in [1.29, 1.82) is 0 Å². The Morgan fingerprint density at radius 3 is 2.59 bits per heavy atom. The Bertz CT molecular complexity index is 655. The van der Waals surface area contributed by atoms with Crippen molar-refractivity contribution in [3.8, 4) is 5.75 Å². The minimum absolute atomic E-state index is 0.195. The maximum absolute atomic E-state index is 11.5. The van der Waals surface area contributed by atoms with Crippen LogP contribution in [0.25, 0.3) is 10.9 Å². The van der Waals surface area contributed by atoms with E-state index in [4.69, 9.17) is 4.74 Å². The number of carbonyl (C=O) groups is 1. The zero-order valence-electron chi connectivity index (χ0n) is 14.3. The summed E-state index contributed by atoms with van der Waals surface area (Å²) < 4.78 is 8.21. The number of aromatic nitrogens is 1. The van der Waals surface area contributed by atoms with Crippen LogP contribution in [0.1, 0.15) is 56.6 Å². The molecular formula is C19H27NO2.